The zero-order chi connectivity index (χ0) is 18.1. The number of hydrogen-bond acceptors (Lipinski definition) is 5. The monoisotopic (exact) mass is 433 g/mol. The Balaban J connectivity index is 1.70. The fourth-order valence-corrected chi connectivity index (χ4v) is 4.15. The first-order chi connectivity index (χ1) is 12.6. The van der Waals surface area contributed by atoms with E-state index in [9.17, 15) is 9.59 Å². The van der Waals surface area contributed by atoms with E-state index in [4.69, 9.17) is 4.74 Å². The van der Waals surface area contributed by atoms with Crippen LogP contribution in [0.2, 0.25) is 0 Å². The molecule has 0 N–H and O–H groups in total. The van der Waals surface area contributed by atoms with Gasteiger partial charge in [0.15, 0.2) is 0 Å². The van der Waals surface area contributed by atoms with Gasteiger partial charge >= 0.3 is 0 Å². The molecule has 0 unspecified atom stereocenters. The van der Waals surface area contributed by atoms with Crippen molar-refractivity contribution in [2.24, 2.45) is 0 Å². The molecule has 0 bridgehead atoms. The van der Waals surface area contributed by atoms with Crippen LogP contribution in [0, 0.1) is 0 Å². The number of fused-ring (bicyclic) bond motifs is 1. The summed E-state index contributed by atoms with van der Waals surface area (Å²) in [6, 6.07) is 7.80. The van der Waals surface area contributed by atoms with Gasteiger partial charge in [-0.15, -0.1) is 11.3 Å². The van der Waals surface area contributed by atoms with Crippen molar-refractivity contribution in [1.29, 1.82) is 0 Å². The third-order valence-corrected chi connectivity index (χ3v) is 5.80. The predicted molar refractivity (Wildman–Crippen MR) is 104 cm³/mol. The predicted octanol–water partition coefficient (Wildman–Crippen LogP) is 2.75. The molecule has 3 heterocycles. The maximum atomic E-state index is 13.0. The quantitative estimate of drug-likeness (QED) is 0.636. The lowest BCUT2D eigenvalue weighted by Crippen LogP contribution is -2.43. The van der Waals surface area contributed by atoms with Gasteiger partial charge in [0.2, 0.25) is 5.91 Å². The van der Waals surface area contributed by atoms with E-state index >= 15 is 0 Å². The first kappa shape index (κ1) is 17.4. The number of rotatable bonds is 3. The molecular weight excluding hydrogens is 418 g/mol. The van der Waals surface area contributed by atoms with Gasteiger partial charge < -0.3 is 9.64 Å². The summed E-state index contributed by atoms with van der Waals surface area (Å²) in [5.41, 5.74) is 1.62. The average molecular weight is 434 g/mol. The van der Waals surface area contributed by atoms with E-state index in [1.54, 1.807) is 4.90 Å². The second-order valence-corrected chi connectivity index (χ2v) is 7.78. The Labute approximate surface area is 162 Å². The Kier molecular flexibility index (Phi) is 4.88. The normalized spacial score (nSPS) is 14.7. The molecular formula is C18H16BrN3O3S. The molecule has 1 saturated heterocycles. The summed E-state index contributed by atoms with van der Waals surface area (Å²) in [5.74, 6) is -0.0861. The van der Waals surface area contributed by atoms with E-state index < -0.39 is 0 Å². The molecule has 1 aliphatic heterocycles. The fourth-order valence-electron chi connectivity index (χ4n) is 2.98. The van der Waals surface area contributed by atoms with E-state index in [-0.39, 0.29) is 18.0 Å². The zero-order valence-electron chi connectivity index (χ0n) is 13.9. The molecule has 2 aromatic heterocycles. The average Bonchev–Trinajstić information content (AvgIpc) is 3.10. The van der Waals surface area contributed by atoms with Crippen molar-refractivity contribution in [2.75, 3.05) is 26.3 Å². The van der Waals surface area contributed by atoms with Crippen LogP contribution >= 0.6 is 27.3 Å². The standard InChI is InChI=1S/C18H16BrN3O3S/c19-13-3-1-12(2-4-13)14-10-26-17-16(14)18(24)22(11-20-17)9-15(23)21-5-7-25-8-6-21/h1-4,10-11H,5-9H2. The first-order valence-electron chi connectivity index (χ1n) is 8.21. The molecule has 1 fully saturated rings. The Bertz CT molecular complexity index is 1010. The molecule has 26 heavy (non-hydrogen) atoms. The fraction of sp³-hybridized carbons (Fsp3) is 0.278. The van der Waals surface area contributed by atoms with Gasteiger partial charge in [-0.05, 0) is 17.7 Å². The van der Waals surface area contributed by atoms with Crippen LogP contribution in [0.5, 0.6) is 0 Å². The maximum absolute atomic E-state index is 13.0. The molecule has 0 saturated carbocycles. The minimum Gasteiger partial charge on any atom is -0.378 e. The number of halogens is 1. The second kappa shape index (κ2) is 7.30. The maximum Gasteiger partial charge on any atom is 0.263 e. The molecule has 3 aromatic rings. The number of morpholine rings is 1. The number of carbonyl (C=O) groups excluding carboxylic acids is 1. The summed E-state index contributed by atoms with van der Waals surface area (Å²) in [5, 5.41) is 2.51. The van der Waals surface area contributed by atoms with Gasteiger partial charge in [0.05, 0.1) is 24.9 Å². The molecule has 1 aromatic carbocycles. The molecule has 0 aliphatic carbocycles. The molecule has 134 valence electrons. The van der Waals surface area contributed by atoms with E-state index in [1.165, 1.54) is 22.2 Å². The van der Waals surface area contributed by atoms with Crippen molar-refractivity contribution in [3.63, 3.8) is 0 Å². The SMILES string of the molecule is O=C(Cn1cnc2scc(-c3ccc(Br)cc3)c2c1=O)N1CCOCC1. The van der Waals surface area contributed by atoms with Crippen molar-refractivity contribution < 1.29 is 9.53 Å². The Morgan fingerprint density at radius 1 is 1.23 bits per heavy atom. The summed E-state index contributed by atoms with van der Waals surface area (Å²) in [6.45, 7) is 2.20. The summed E-state index contributed by atoms with van der Waals surface area (Å²) in [6.07, 6.45) is 1.46. The van der Waals surface area contributed by atoms with Crippen molar-refractivity contribution in [3.8, 4) is 11.1 Å². The van der Waals surface area contributed by atoms with Crippen LogP contribution in [0.4, 0.5) is 0 Å². The molecule has 0 atom stereocenters. The minimum atomic E-state index is -0.184. The third-order valence-electron chi connectivity index (χ3n) is 4.39. The molecule has 8 heteroatoms. The second-order valence-electron chi connectivity index (χ2n) is 6.01. The van der Waals surface area contributed by atoms with Gasteiger partial charge in [0.1, 0.15) is 11.4 Å². The van der Waals surface area contributed by atoms with Gasteiger partial charge in [-0.1, -0.05) is 28.1 Å². The Morgan fingerprint density at radius 3 is 2.69 bits per heavy atom. The number of carbonyl (C=O) groups is 1. The van der Waals surface area contributed by atoms with Gasteiger partial charge in [0.25, 0.3) is 5.56 Å². The topological polar surface area (TPSA) is 64.4 Å². The minimum absolute atomic E-state index is 0.00258. The lowest BCUT2D eigenvalue weighted by Gasteiger charge is -2.26. The van der Waals surface area contributed by atoms with E-state index in [2.05, 4.69) is 20.9 Å². The Hall–Kier alpha value is -2.03. The van der Waals surface area contributed by atoms with Crippen molar-refractivity contribution >= 4 is 43.4 Å². The van der Waals surface area contributed by atoms with Gasteiger partial charge in [0, 0.05) is 28.5 Å². The largest absolute Gasteiger partial charge is 0.378 e. The van der Waals surface area contributed by atoms with Crippen LogP contribution in [0.3, 0.4) is 0 Å². The number of ether oxygens (including phenoxy) is 1. The van der Waals surface area contributed by atoms with Crippen LogP contribution in [0.15, 0.2) is 45.2 Å². The highest BCUT2D eigenvalue weighted by Crippen LogP contribution is 2.31. The number of hydrogen-bond donors (Lipinski definition) is 0. The van der Waals surface area contributed by atoms with E-state index in [1.807, 2.05) is 29.6 Å². The summed E-state index contributed by atoms with van der Waals surface area (Å²) in [4.78, 5) is 32.3. The first-order valence-corrected chi connectivity index (χ1v) is 9.89. The lowest BCUT2D eigenvalue weighted by atomic mass is 10.1. The molecule has 0 spiro atoms. The van der Waals surface area contributed by atoms with Gasteiger partial charge in [-0.3, -0.25) is 14.2 Å². The highest BCUT2D eigenvalue weighted by atomic mass is 79.9. The number of aromatic nitrogens is 2. The molecule has 0 radical (unpaired) electrons. The number of thiophene rings is 1. The number of amides is 1. The van der Waals surface area contributed by atoms with Crippen LogP contribution in [-0.4, -0.2) is 46.7 Å². The smallest absolute Gasteiger partial charge is 0.263 e. The molecule has 1 aliphatic rings. The molecule has 1 amide bonds. The summed E-state index contributed by atoms with van der Waals surface area (Å²) < 4.78 is 7.64. The Morgan fingerprint density at radius 2 is 1.96 bits per heavy atom. The summed E-state index contributed by atoms with van der Waals surface area (Å²) >= 11 is 4.86. The highest BCUT2D eigenvalue weighted by molar-refractivity contribution is 9.10. The van der Waals surface area contributed by atoms with Crippen LogP contribution in [0.25, 0.3) is 21.3 Å². The highest BCUT2D eigenvalue weighted by Gasteiger charge is 2.19. The van der Waals surface area contributed by atoms with E-state index in [0.29, 0.717) is 36.5 Å². The van der Waals surface area contributed by atoms with Crippen LogP contribution in [-0.2, 0) is 16.1 Å². The van der Waals surface area contributed by atoms with Crippen LogP contribution < -0.4 is 5.56 Å². The van der Waals surface area contributed by atoms with Crippen molar-refractivity contribution in [1.82, 2.24) is 14.5 Å². The van der Waals surface area contributed by atoms with E-state index in [0.717, 1.165) is 15.6 Å². The molecule has 4 rings (SSSR count). The van der Waals surface area contributed by atoms with Crippen molar-refractivity contribution in [3.05, 3.63) is 50.8 Å². The third kappa shape index (κ3) is 3.32. The van der Waals surface area contributed by atoms with Crippen molar-refractivity contribution in [2.45, 2.75) is 6.54 Å². The van der Waals surface area contributed by atoms with Gasteiger partial charge in [-0.2, -0.15) is 0 Å². The number of nitrogens with zero attached hydrogens (tertiary/aromatic N) is 3. The van der Waals surface area contributed by atoms with Gasteiger partial charge in [-0.25, -0.2) is 4.98 Å². The number of benzene rings is 1. The molecule has 6 nitrogen and oxygen atoms in total. The van der Waals surface area contributed by atoms with Crippen LogP contribution in [0.1, 0.15) is 0 Å². The zero-order valence-corrected chi connectivity index (χ0v) is 16.3. The lowest BCUT2D eigenvalue weighted by molar-refractivity contribution is -0.135. The summed E-state index contributed by atoms with van der Waals surface area (Å²) in [7, 11) is 0.